The number of anilines is 1. The Morgan fingerprint density at radius 2 is 2.16 bits per heavy atom. The van der Waals surface area contributed by atoms with Crippen molar-refractivity contribution in [3.8, 4) is 0 Å². The Balaban J connectivity index is 1.77. The first-order valence-electron chi connectivity index (χ1n) is 7.18. The molecule has 1 amide bonds. The van der Waals surface area contributed by atoms with Crippen molar-refractivity contribution in [3.63, 3.8) is 0 Å². The monoisotopic (exact) mass is 258 g/mol. The van der Waals surface area contributed by atoms with Crippen LogP contribution in [-0.4, -0.2) is 18.0 Å². The van der Waals surface area contributed by atoms with Gasteiger partial charge in [-0.15, -0.1) is 0 Å². The highest BCUT2D eigenvalue weighted by Gasteiger charge is 2.38. The fourth-order valence-electron chi connectivity index (χ4n) is 2.81. The largest absolute Gasteiger partial charge is 0.325 e. The van der Waals surface area contributed by atoms with Crippen molar-refractivity contribution in [1.29, 1.82) is 0 Å². The van der Waals surface area contributed by atoms with Gasteiger partial charge in [0.05, 0.1) is 5.41 Å². The predicted octanol–water partition coefficient (Wildman–Crippen LogP) is 2.60. The maximum atomic E-state index is 11.9. The number of nitrogens with one attached hydrogen (secondary N) is 2. The topological polar surface area (TPSA) is 41.1 Å². The molecule has 1 aromatic carbocycles. The van der Waals surface area contributed by atoms with E-state index in [1.807, 2.05) is 19.9 Å². The lowest BCUT2D eigenvalue weighted by molar-refractivity contribution is -0.119. The molecule has 1 heterocycles. The summed E-state index contributed by atoms with van der Waals surface area (Å²) >= 11 is 0. The van der Waals surface area contributed by atoms with Crippen molar-refractivity contribution < 1.29 is 4.79 Å². The average molecular weight is 258 g/mol. The van der Waals surface area contributed by atoms with Crippen LogP contribution in [0, 0.1) is 0 Å². The lowest BCUT2D eigenvalue weighted by Gasteiger charge is -2.17. The molecule has 19 heavy (non-hydrogen) atoms. The zero-order valence-corrected chi connectivity index (χ0v) is 11.9. The van der Waals surface area contributed by atoms with Gasteiger partial charge in [0, 0.05) is 17.8 Å². The van der Waals surface area contributed by atoms with Crippen LogP contribution in [0.15, 0.2) is 18.2 Å². The number of hydrogen-bond acceptors (Lipinski definition) is 2. The molecule has 2 N–H and O–H groups in total. The molecule has 1 aliphatic carbocycles. The molecule has 1 aromatic rings. The number of benzene rings is 1. The second-order valence-corrected chi connectivity index (χ2v) is 6.51. The zero-order chi connectivity index (χ0) is 13.6. The van der Waals surface area contributed by atoms with Gasteiger partial charge in [-0.2, -0.15) is 0 Å². The Kier molecular flexibility index (Phi) is 2.90. The second-order valence-electron chi connectivity index (χ2n) is 6.51. The minimum atomic E-state index is -0.404. The van der Waals surface area contributed by atoms with E-state index in [1.165, 1.54) is 18.4 Å². The van der Waals surface area contributed by atoms with Gasteiger partial charge in [0.25, 0.3) is 0 Å². The molecule has 1 aliphatic heterocycles. The van der Waals surface area contributed by atoms with Crippen LogP contribution in [0.5, 0.6) is 0 Å². The van der Waals surface area contributed by atoms with Crippen molar-refractivity contribution in [3.05, 3.63) is 29.3 Å². The summed E-state index contributed by atoms with van der Waals surface area (Å²) in [7, 11) is 0. The molecule has 1 unspecified atom stereocenters. The summed E-state index contributed by atoms with van der Waals surface area (Å²) < 4.78 is 0. The van der Waals surface area contributed by atoms with Crippen LogP contribution in [0.25, 0.3) is 0 Å². The van der Waals surface area contributed by atoms with E-state index in [2.05, 4.69) is 29.7 Å². The van der Waals surface area contributed by atoms with Crippen LogP contribution >= 0.6 is 0 Å². The van der Waals surface area contributed by atoms with Crippen molar-refractivity contribution >= 4 is 11.6 Å². The Morgan fingerprint density at radius 3 is 2.84 bits per heavy atom. The van der Waals surface area contributed by atoms with E-state index in [0.29, 0.717) is 6.04 Å². The third-order valence-electron chi connectivity index (χ3n) is 4.21. The average Bonchev–Trinajstić information content (AvgIpc) is 3.10. The van der Waals surface area contributed by atoms with Crippen molar-refractivity contribution in [2.24, 2.45) is 0 Å². The number of carbonyl (C=O) groups is 1. The lowest BCUT2D eigenvalue weighted by Crippen LogP contribution is -2.30. The Morgan fingerprint density at radius 1 is 1.42 bits per heavy atom. The molecule has 0 bridgehead atoms. The van der Waals surface area contributed by atoms with E-state index >= 15 is 0 Å². The number of amides is 1. The molecule has 102 valence electrons. The van der Waals surface area contributed by atoms with Crippen LogP contribution in [-0.2, 0) is 16.6 Å². The highest BCUT2D eigenvalue weighted by atomic mass is 16.2. The van der Waals surface area contributed by atoms with E-state index in [9.17, 15) is 4.79 Å². The second kappa shape index (κ2) is 4.34. The Hall–Kier alpha value is -1.35. The minimum absolute atomic E-state index is 0.101. The quantitative estimate of drug-likeness (QED) is 0.871. The molecule has 0 aromatic heterocycles. The van der Waals surface area contributed by atoms with E-state index in [1.54, 1.807) is 0 Å². The number of fused-ring (bicyclic) bond motifs is 1. The summed E-state index contributed by atoms with van der Waals surface area (Å²) in [6.07, 6.45) is 3.66. The Labute approximate surface area is 114 Å². The van der Waals surface area contributed by atoms with Gasteiger partial charge in [0.1, 0.15) is 0 Å². The van der Waals surface area contributed by atoms with E-state index < -0.39 is 5.41 Å². The molecule has 0 radical (unpaired) electrons. The summed E-state index contributed by atoms with van der Waals surface area (Å²) in [6.45, 7) is 6.22. The summed E-state index contributed by atoms with van der Waals surface area (Å²) in [5.41, 5.74) is 3.01. The van der Waals surface area contributed by atoms with Crippen molar-refractivity contribution in [2.45, 2.75) is 57.5 Å². The van der Waals surface area contributed by atoms with Crippen molar-refractivity contribution in [1.82, 2.24) is 5.32 Å². The van der Waals surface area contributed by atoms with Gasteiger partial charge in [-0.3, -0.25) is 4.79 Å². The van der Waals surface area contributed by atoms with Crippen molar-refractivity contribution in [2.75, 3.05) is 5.32 Å². The number of hydrogen-bond donors (Lipinski definition) is 2. The summed E-state index contributed by atoms with van der Waals surface area (Å²) in [4.78, 5) is 11.9. The smallest absolute Gasteiger partial charge is 0.234 e. The highest BCUT2D eigenvalue weighted by molar-refractivity contribution is 6.05. The molecular weight excluding hydrogens is 236 g/mol. The SMILES string of the molecule is CC(Cc1ccc2c(c1)C(C)(C)C(=O)N2)NC1CC1. The fraction of sp³-hybridized carbons (Fsp3) is 0.562. The predicted molar refractivity (Wildman–Crippen MR) is 77.4 cm³/mol. The zero-order valence-electron chi connectivity index (χ0n) is 11.9. The molecule has 3 nitrogen and oxygen atoms in total. The first-order chi connectivity index (χ1) is 8.96. The Bertz CT molecular complexity index is 517. The van der Waals surface area contributed by atoms with Gasteiger partial charge in [-0.25, -0.2) is 0 Å². The third-order valence-corrected chi connectivity index (χ3v) is 4.21. The van der Waals surface area contributed by atoms with Gasteiger partial charge < -0.3 is 10.6 Å². The highest BCUT2D eigenvalue weighted by Crippen LogP contribution is 2.37. The van der Waals surface area contributed by atoms with Crippen LogP contribution in [0.3, 0.4) is 0 Å². The standard InChI is InChI=1S/C16H22N2O/c1-10(17-12-5-6-12)8-11-4-7-14-13(9-11)16(2,3)15(19)18-14/h4,7,9-10,12,17H,5-6,8H2,1-3H3,(H,18,19). The van der Waals surface area contributed by atoms with Gasteiger partial charge in [-0.05, 0) is 57.2 Å². The first kappa shape index (κ1) is 12.7. The maximum Gasteiger partial charge on any atom is 0.234 e. The van der Waals surface area contributed by atoms with Crippen LogP contribution in [0.2, 0.25) is 0 Å². The lowest BCUT2D eigenvalue weighted by atomic mass is 9.85. The van der Waals surface area contributed by atoms with Gasteiger partial charge in [0.2, 0.25) is 5.91 Å². The molecule has 3 heteroatoms. The van der Waals surface area contributed by atoms with Crippen LogP contribution in [0.4, 0.5) is 5.69 Å². The normalized spacial score (nSPS) is 21.9. The van der Waals surface area contributed by atoms with E-state index in [4.69, 9.17) is 0 Å². The summed E-state index contributed by atoms with van der Waals surface area (Å²) in [5.74, 6) is 0.101. The van der Waals surface area contributed by atoms with E-state index in [-0.39, 0.29) is 5.91 Å². The van der Waals surface area contributed by atoms with Gasteiger partial charge in [0.15, 0.2) is 0 Å². The maximum absolute atomic E-state index is 11.9. The first-order valence-corrected chi connectivity index (χ1v) is 7.18. The molecule has 1 atom stereocenters. The fourth-order valence-corrected chi connectivity index (χ4v) is 2.81. The molecule has 3 rings (SSSR count). The molecule has 1 fully saturated rings. The van der Waals surface area contributed by atoms with Crippen LogP contribution < -0.4 is 10.6 Å². The van der Waals surface area contributed by atoms with E-state index in [0.717, 1.165) is 23.7 Å². The molecule has 0 spiro atoms. The molecule has 2 aliphatic rings. The minimum Gasteiger partial charge on any atom is -0.325 e. The molecule has 1 saturated carbocycles. The number of carbonyl (C=O) groups excluding carboxylic acids is 1. The van der Waals surface area contributed by atoms with Gasteiger partial charge in [-0.1, -0.05) is 12.1 Å². The summed E-state index contributed by atoms with van der Waals surface area (Å²) in [6, 6.07) is 7.60. The summed E-state index contributed by atoms with van der Waals surface area (Å²) in [5, 5.41) is 6.57. The number of rotatable bonds is 4. The molecule has 0 saturated heterocycles. The van der Waals surface area contributed by atoms with Crippen LogP contribution in [0.1, 0.15) is 44.7 Å². The third kappa shape index (κ3) is 2.39. The van der Waals surface area contributed by atoms with Gasteiger partial charge >= 0.3 is 0 Å². The molecular formula is C16H22N2O.